The molecule has 7 rings (SSSR count). The first kappa shape index (κ1) is 32.9. The van der Waals surface area contributed by atoms with Gasteiger partial charge in [-0.3, -0.25) is 19.5 Å². The average Bonchev–Trinajstić information content (AvgIpc) is 3.42. The van der Waals surface area contributed by atoms with Gasteiger partial charge >= 0.3 is 0 Å². The smallest absolute Gasteiger partial charge is 0.246 e. The highest BCUT2D eigenvalue weighted by Crippen LogP contribution is 2.39. The number of benzene rings is 2. The second kappa shape index (κ2) is 14.1. The van der Waals surface area contributed by atoms with E-state index in [4.69, 9.17) is 16.6 Å². The number of aryl methyl sites for hydroxylation is 3. The van der Waals surface area contributed by atoms with Gasteiger partial charge in [-0.25, -0.2) is 9.37 Å². The second-order valence-electron chi connectivity index (χ2n) is 13.3. The lowest BCUT2D eigenvalue weighted by Gasteiger charge is -2.46. The molecule has 48 heavy (non-hydrogen) atoms. The largest absolute Gasteiger partial charge is 0.341 e. The fraction of sp³-hybridized carbons (Fsp3) is 0.405. The molecule has 1 aliphatic carbocycles. The number of likely N-dealkylation sites (tertiary alicyclic amines) is 1. The maximum atomic E-state index is 14.6. The summed E-state index contributed by atoms with van der Waals surface area (Å²) in [7, 11) is 0. The predicted molar refractivity (Wildman–Crippen MR) is 186 cm³/mol. The number of piperazine rings is 1. The van der Waals surface area contributed by atoms with Crippen molar-refractivity contribution in [3.05, 3.63) is 116 Å². The summed E-state index contributed by atoms with van der Waals surface area (Å²) in [5.41, 5.74) is 6.15. The molecule has 0 N–H and O–H groups in total. The van der Waals surface area contributed by atoms with E-state index in [1.165, 1.54) is 17.7 Å². The summed E-state index contributed by atoms with van der Waals surface area (Å²) in [6, 6.07) is 13.4. The van der Waals surface area contributed by atoms with E-state index in [0.717, 1.165) is 64.8 Å². The van der Waals surface area contributed by atoms with E-state index < -0.39 is 6.04 Å². The van der Waals surface area contributed by atoms with Crippen LogP contribution in [-0.4, -0.2) is 79.8 Å². The van der Waals surface area contributed by atoms with Crippen LogP contribution in [0, 0.1) is 18.7 Å². The maximum Gasteiger partial charge on any atom is 0.246 e. The Hall–Kier alpha value is -3.60. The lowest BCUT2D eigenvalue weighted by molar-refractivity contribution is -0.150. The van der Waals surface area contributed by atoms with Crippen LogP contribution in [-0.2, 0) is 35.4 Å². The number of pyridine rings is 1. The minimum Gasteiger partial charge on any atom is -0.341 e. The Bertz CT molecular complexity index is 1760. The van der Waals surface area contributed by atoms with Crippen LogP contribution in [0.25, 0.3) is 0 Å². The molecule has 0 radical (unpaired) electrons. The van der Waals surface area contributed by atoms with Gasteiger partial charge in [0.15, 0.2) is 0 Å². The first-order valence-electron chi connectivity index (χ1n) is 16.7. The molecule has 4 aromatic rings. The van der Waals surface area contributed by atoms with Gasteiger partial charge in [0, 0.05) is 61.2 Å². The Balaban J connectivity index is 1.20. The first-order chi connectivity index (χ1) is 23.2. The number of hydrogen-bond donors (Lipinski definition) is 0. The molecule has 2 fully saturated rings. The topological polar surface area (TPSA) is 74.6 Å². The van der Waals surface area contributed by atoms with E-state index >= 15 is 0 Å². The third kappa shape index (κ3) is 7.07. The number of halogens is 3. The number of carbonyl (C=O) groups is 2. The third-order valence-corrected chi connectivity index (χ3v) is 10.7. The highest BCUT2D eigenvalue weighted by Gasteiger charge is 2.42. The Morgan fingerprint density at radius 1 is 1.00 bits per heavy atom. The van der Waals surface area contributed by atoms with E-state index in [0.29, 0.717) is 43.7 Å². The van der Waals surface area contributed by atoms with Crippen molar-refractivity contribution in [3.8, 4) is 0 Å². The van der Waals surface area contributed by atoms with Crippen molar-refractivity contribution in [2.24, 2.45) is 5.92 Å². The molecule has 0 bridgehead atoms. The van der Waals surface area contributed by atoms with Crippen LogP contribution in [0.5, 0.6) is 0 Å². The van der Waals surface area contributed by atoms with Crippen molar-refractivity contribution in [1.29, 1.82) is 0 Å². The molecule has 250 valence electrons. The summed E-state index contributed by atoms with van der Waals surface area (Å²) in [5.74, 6) is -0.193. The predicted octanol–water partition coefficient (Wildman–Crippen LogP) is 6.02. The lowest BCUT2D eigenvalue weighted by atomic mass is 9.94. The van der Waals surface area contributed by atoms with Crippen LogP contribution in [0.2, 0.25) is 5.02 Å². The van der Waals surface area contributed by atoms with Gasteiger partial charge in [-0.15, -0.1) is 0 Å². The normalized spacial score (nSPS) is 21.4. The molecule has 2 amide bonds. The van der Waals surface area contributed by atoms with Crippen molar-refractivity contribution in [3.63, 3.8) is 0 Å². The Morgan fingerprint density at radius 3 is 2.60 bits per heavy atom. The maximum absolute atomic E-state index is 14.6. The molecule has 2 aliphatic heterocycles. The van der Waals surface area contributed by atoms with Gasteiger partial charge in [0.25, 0.3) is 0 Å². The minimum atomic E-state index is -0.668. The molecule has 2 saturated heterocycles. The molecule has 0 saturated carbocycles. The highest BCUT2D eigenvalue weighted by atomic mass is 79.9. The van der Waals surface area contributed by atoms with E-state index in [2.05, 4.69) is 42.5 Å². The number of carbonyl (C=O) groups excluding carboxylic acids is 2. The van der Waals surface area contributed by atoms with E-state index in [1.54, 1.807) is 17.0 Å². The summed E-state index contributed by atoms with van der Waals surface area (Å²) < 4.78 is 16.7. The van der Waals surface area contributed by atoms with Gasteiger partial charge in [0.1, 0.15) is 11.9 Å². The molecule has 4 heterocycles. The first-order valence-corrected chi connectivity index (χ1v) is 17.9. The molecule has 3 atom stereocenters. The van der Waals surface area contributed by atoms with Crippen molar-refractivity contribution in [2.75, 3.05) is 32.7 Å². The minimum absolute atomic E-state index is 0.0207. The number of imidazole rings is 1. The van der Waals surface area contributed by atoms with Gasteiger partial charge in [-0.05, 0) is 107 Å². The lowest BCUT2D eigenvalue weighted by Crippen LogP contribution is -2.62. The van der Waals surface area contributed by atoms with Crippen molar-refractivity contribution in [1.82, 2.24) is 29.2 Å². The summed E-state index contributed by atoms with van der Waals surface area (Å²) in [6.07, 6.45) is 9.45. The SMILES string of the molecule is Cc1cn(C[C@@H]2CCCN(C(=O)[C@H]3CN([C@H]4c5ccc(Cl)cc5CCc5cc(Br)cnc54)CCN3C(=O)Cc3ccc(F)cc3)C2)cn1. The third-order valence-electron chi connectivity index (χ3n) is 10.0. The number of nitrogens with zero attached hydrogens (tertiary/aromatic N) is 6. The average molecular weight is 734 g/mol. The summed E-state index contributed by atoms with van der Waals surface area (Å²) in [4.78, 5) is 44.0. The van der Waals surface area contributed by atoms with Crippen LogP contribution in [0.4, 0.5) is 4.39 Å². The van der Waals surface area contributed by atoms with Crippen molar-refractivity contribution < 1.29 is 14.0 Å². The number of piperidine rings is 1. The molecule has 8 nitrogen and oxygen atoms in total. The number of aromatic nitrogens is 3. The Morgan fingerprint density at radius 2 is 1.81 bits per heavy atom. The van der Waals surface area contributed by atoms with Crippen LogP contribution in [0.15, 0.2) is 71.7 Å². The van der Waals surface area contributed by atoms with E-state index in [9.17, 15) is 14.0 Å². The number of amides is 2. The quantitative estimate of drug-likeness (QED) is 0.242. The second-order valence-corrected chi connectivity index (χ2v) is 14.7. The number of fused-ring (bicyclic) bond motifs is 2. The molecular formula is C37H39BrClFN6O2. The van der Waals surface area contributed by atoms with Crippen LogP contribution < -0.4 is 0 Å². The van der Waals surface area contributed by atoms with Gasteiger partial charge in [0.05, 0.1) is 30.2 Å². The molecule has 0 unspecified atom stereocenters. The molecular weight excluding hydrogens is 695 g/mol. The van der Waals surface area contributed by atoms with Crippen LogP contribution >= 0.6 is 27.5 Å². The molecule has 0 spiro atoms. The van der Waals surface area contributed by atoms with Gasteiger partial charge in [-0.2, -0.15) is 0 Å². The Kier molecular flexibility index (Phi) is 9.67. The zero-order valence-electron chi connectivity index (χ0n) is 27.0. The molecule has 3 aliphatic rings. The highest BCUT2D eigenvalue weighted by molar-refractivity contribution is 9.10. The van der Waals surface area contributed by atoms with Crippen LogP contribution in [0.3, 0.4) is 0 Å². The van der Waals surface area contributed by atoms with E-state index in [1.807, 2.05) is 42.7 Å². The summed E-state index contributed by atoms with van der Waals surface area (Å²) in [6.45, 7) is 5.42. The van der Waals surface area contributed by atoms with E-state index in [-0.39, 0.29) is 30.1 Å². The van der Waals surface area contributed by atoms with Gasteiger partial charge in [-0.1, -0.05) is 29.8 Å². The summed E-state index contributed by atoms with van der Waals surface area (Å²) in [5, 5.41) is 0.697. The number of hydrogen-bond acceptors (Lipinski definition) is 5. The van der Waals surface area contributed by atoms with Crippen molar-refractivity contribution >= 4 is 39.3 Å². The summed E-state index contributed by atoms with van der Waals surface area (Å²) >= 11 is 10.1. The van der Waals surface area contributed by atoms with Gasteiger partial charge < -0.3 is 14.4 Å². The molecule has 11 heteroatoms. The molecule has 2 aromatic carbocycles. The number of rotatable bonds is 6. The fourth-order valence-corrected chi connectivity index (χ4v) is 8.28. The standard InChI is InChI=1S/C37H39BrClFN6O2/c1-24-19-43(23-42-24)20-26-3-2-12-45(21-26)37(48)33-22-44(13-14-46(33)34(47)15-25-4-9-31(40)10-5-25)36-32-11-8-30(39)17-27(32)6-7-28-16-29(38)18-41-35(28)36/h4-5,8-11,16-19,23,26,33,36H,2-3,6-7,12-15,20-22H2,1H3/t26-,33+,36-/m0/s1. The molecule has 2 aromatic heterocycles. The monoisotopic (exact) mass is 732 g/mol. The zero-order chi connectivity index (χ0) is 33.4. The van der Waals surface area contributed by atoms with Crippen molar-refractivity contribution in [2.45, 2.75) is 57.7 Å². The van der Waals surface area contributed by atoms with Gasteiger partial charge in [0.2, 0.25) is 11.8 Å². The Labute approximate surface area is 294 Å². The fourth-order valence-electron chi connectivity index (χ4n) is 7.70. The zero-order valence-corrected chi connectivity index (χ0v) is 29.3. The van der Waals surface area contributed by atoms with Crippen LogP contribution in [0.1, 0.15) is 52.5 Å².